The summed E-state index contributed by atoms with van der Waals surface area (Å²) in [5.41, 5.74) is 28.7. The second kappa shape index (κ2) is 17.0. The number of nitrogens with zero attached hydrogens (tertiary/aromatic N) is 1. The van der Waals surface area contributed by atoms with Gasteiger partial charge in [-0.15, -0.1) is 0 Å². The van der Waals surface area contributed by atoms with E-state index in [-0.39, 0.29) is 21.7 Å². The highest BCUT2D eigenvalue weighted by Crippen LogP contribution is 2.61. The van der Waals surface area contributed by atoms with Gasteiger partial charge >= 0.3 is 0 Å². The molecule has 0 aliphatic heterocycles. The van der Waals surface area contributed by atoms with Crippen LogP contribution in [0.4, 0.5) is 17.1 Å². The number of fused-ring (bicyclic) bond motifs is 9. The van der Waals surface area contributed by atoms with Gasteiger partial charge in [-0.1, -0.05) is 257 Å². The third-order valence-electron chi connectivity index (χ3n) is 17.7. The molecule has 13 rings (SSSR count). The van der Waals surface area contributed by atoms with Gasteiger partial charge in [-0.05, 0) is 153 Å². The molecule has 0 bridgehead atoms. The Morgan fingerprint density at radius 2 is 0.763 bits per heavy atom. The summed E-state index contributed by atoms with van der Waals surface area (Å²) in [6.07, 6.45) is 0. The molecule has 3 aliphatic rings. The second-order valence-corrected chi connectivity index (χ2v) is 24.9. The number of anilines is 3. The molecule has 0 fully saturated rings. The largest absolute Gasteiger partial charge is 0.310 e. The minimum atomic E-state index is -0.594. The van der Waals surface area contributed by atoms with Crippen LogP contribution in [0, 0.1) is 0 Å². The Morgan fingerprint density at radius 3 is 1.37 bits per heavy atom. The molecule has 0 saturated carbocycles. The van der Waals surface area contributed by atoms with Gasteiger partial charge in [0, 0.05) is 27.8 Å². The zero-order chi connectivity index (χ0) is 52.5. The molecule has 10 aromatic rings. The minimum absolute atomic E-state index is 0.0387. The third kappa shape index (κ3) is 7.11. The normalized spacial score (nSPS) is 15.0. The summed E-state index contributed by atoms with van der Waals surface area (Å²) in [4.78, 5) is 2.52. The van der Waals surface area contributed by atoms with Crippen LogP contribution in [0.3, 0.4) is 0 Å². The molecule has 0 radical (unpaired) electrons. The van der Waals surface area contributed by atoms with E-state index in [1.54, 1.807) is 0 Å². The first-order chi connectivity index (χ1) is 36.5. The number of hydrogen-bond donors (Lipinski definition) is 0. The Bertz CT molecular complexity index is 3880. The van der Waals surface area contributed by atoms with Gasteiger partial charge < -0.3 is 4.90 Å². The van der Waals surface area contributed by atoms with E-state index in [1.165, 1.54) is 111 Å². The molecule has 3 aliphatic carbocycles. The average Bonchev–Trinajstić information content (AvgIpc) is 4.19. The first-order valence-corrected chi connectivity index (χ1v) is 27.4. The van der Waals surface area contributed by atoms with Gasteiger partial charge in [-0.3, -0.25) is 0 Å². The van der Waals surface area contributed by atoms with E-state index in [9.17, 15) is 0 Å². The summed E-state index contributed by atoms with van der Waals surface area (Å²) in [6.45, 7) is 23.5. The molecule has 0 unspecified atom stereocenters. The van der Waals surface area contributed by atoms with Gasteiger partial charge in [-0.2, -0.15) is 0 Å². The zero-order valence-corrected chi connectivity index (χ0v) is 45.8. The van der Waals surface area contributed by atoms with Crippen LogP contribution in [0.15, 0.2) is 224 Å². The van der Waals surface area contributed by atoms with Crippen LogP contribution in [0.25, 0.3) is 55.6 Å². The fraction of sp³-hybridized carbons (Fsp3) is 0.200. The van der Waals surface area contributed by atoms with Gasteiger partial charge in [0.25, 0.3) is 0 Å². The average molecular weight is 982 g/mol. The van der Waals surface area contributed by atoms with Crippen molar-refractivity contribution in [2.45, 2.75) is 96.3 Å². The Morgan fingerprint density at radius 1 is 0.316 bits per heavy atom. The minimum Gasteiger partial charge on any atom is -0.310 e. The summed E-state index contributed by atoms with van der Waals surface area (Å²) in [5, 5.41) is 0. The van der Waals surface area contributed by atoms with Crippen molar-refractivity contribution in [2.75, 3.05) is 4.90 Å². The Balaban J connectivity index is 1.02. The molecule has 1 nitrogen and oxygen atoms in total. The van der Waals surface area contributed by atoms with E-state index in [1.807, 2.05) is 0 Å². The van der Waals surface area contributed by atoms with Crippen molar-refractivity contribution in [2.24, 2.45) is 0 Å². The van der Waals surface area contributed by atoms with Crippen molar-refractivity contribution in [3.8, 4) is 55.6 Å². The van der Waals surface area contributed by atoms with Crippen molar-refractivity contribution < 1.29 is 0 Å². The SMILES string of the molecule is CC(C)(C)c1cccc(C2(c3cccc(C(C)(C)C)c3)c3ccccc3-c3c(N(c4ccc(-c5ccc6c(c5)C(C)(C)c5ccccc5-6)cc4)c4ccc(-c5cccc6c5C(C)(C)c5ccccc5-6)cc4)cccc32)c1. The van der Waals surface area contributed by atoms with Crippen LogP contribution in [0.1, 0.15) is 125 Å². The van der Waals surface area contributed by atoms with Crippen molar-refractivity contribution in [1.82, 2.24) is 0 Å². The molecule has 0 saturated heterocycles. The zero-order valence-electron chi connectivity index (χ0n) is 45.8. The molecule has 372 valence electrons. The smallest absolute Gasteiger partial charge is 0.0714 e. The van der Waals surface area contributed by atoms with E-state index < -0.39 is 5.41 Å². The highest BCUT2D eigenvalue weighted by molar-refractivity contribution is 5.98. The van der Waals surface area contributed by atoms with Gasteiger partial charge in [0.2, 0.25) is 0 Å². The standard InChI is InChI=1S/C75H67N/c1-71(2,3)51-21-17-23-53(46-51)75(54-24-18-22-52(47-54)72(4,5)6)65-32-16-13-27-62(65)69-66(75)33-20-34-68(69)76(55-40-35-48(36-41-55)50-39-44-60-58-25-11-14-30-63(58)73(7,8)67(60)45-50)56-42-37-49(38-43-56)57-28-19-29-61-59-26-12-15-31-64(59)74(9,10)70(57)61/h11-47H,1-10H3. The van der Waals surface area contributed by atoms with E-state index in [2.05, 4.69) is 299 Å². The Kier molecular flexibility index (Phi) is 10.7. The fourth-order valence-corrected chi connectivity index (χ4v) is 13.7. The summed E-state index contributed by atoms with van der Waals surface area (Å²) >= 11 is 0. The molecule has 0 heterocycles. The highest BCUT2D eigenvalue weighted by Gasteiger charge is 2.48. The molecule has 1 heteroatoms. The quantitative estimate of drug-likeness (QED) is 0.154. The summed E-state index contributed by atoms with van der Waals surface area (Å²) in [5.74, 6) is 0. The third-order valence-corrected chi connectivity index (χ3v) is 17.7. The van der Waals surface area contributed by atoms with Crippen LogP contribution in [-0.4, -0.2) is 0 Å². The maximum absolute atomic E-state index is 2.52. The predicted octanol–water partition coefficient (Wildman–Crippen LogP) is 20.1. The fourth-order valence-electron chi connectivity index (χ4n) is 13.7. The van der Waals surface area contributed by atoms with Crippen LogP contribution < -0.4 is 4.90 Å². The number of benzene rings is 10. The summed E-state index contributed by atoms with van der Waals surface area (Å²) in [6, 6.07) is 85.8. The lowest BCUT2D eigenvalue weighted by Gasteiger charge is -2.36. The lowest BCUT2D eigenvalue weighted by molar-refractivity contribution is 0.585. The van der Waals surface area contributed by atoms with E-state index in [0.29, 0.717) is 0 Å². The summed E-state index contributed by atoms with van der Waals surface area (Å²) in [7, 11) is 0. The second-order valence-electron chi connectivity index (χ2n) is 24.9. The molecule has 10 aromatic carbocycles. The molecule has 0 aromatic heterocycles. The van der Waals surface area contributed by atoms with Gasteiger partial charge in [0.05, 0.1) is 11.1 Å². The molecule has 76 heavy (non-hydrogen) atoms. The molecule has 0 N–H and O–H groups in total. The topological polar surface area (TPSA) is 3.24 Å². The van der Waals surface area contributed by atoms with Gasteiger partial charge in [0.1, 0.15) is 0 Å². The van der Waals surface area contributed by atoms with Gasteiger partial charge in [-0.25, -0.2) is 0 Å². The van der Waals surface area contributed by atoms with Crippen LogP contribution in [-0.2, 0) is 27.1 Å². The maximum Gasteiger partial charge on any atom is 0.0714 e. The molecule has 0 atom stereocenters. The number of rotatable bonds is 7. The first-order valence-electron chi connectivity index (χ1n) is 27.4. The highest BCUT2D eigenvalue weighted by atomic mass is 15.1. The van der Waals surface area contributed by atoms with E-state index in [0.717, 1.165) is 17.1 Å². The Hall–Kier alpha value is -8.00. The van der Waals surface area contributed by atoms with Crippen LogP contribution in [0.5, 0.6) is 0 Å². The maximum atomic E-state index is 2.52. The molecule has 0 spiro atoms. The monoisotopic (exact) mass is 982 g/mol. The molecule has 0 amide bonds. The lowest BCUT2D eigenvalue weighted by Crippen LogP contribution is -2.30. The van der Waals surface area contributed by atoms with Crippen molar-refractivity contribution in [3.63, 3.8) is 0 Å². The lowest BCUT2D eigenvalue weighted by atomic mass is 9.66. The molecular weight excluding hydrogens is 915 g/mol. The van der Waals surface area contributed by atoms with E-state index >= 15 is 0 Å². The van der Waals surface area contributed by atoms with E-state index in [4.69, 9.17) is 0 Å². The van der Waals surface area contributed by atoms with Crippen LogP contribution >= 0.6 is 0 Å². The molecular formula is C75H67N. The van der Waals surface area contributed by atoms with Crippen LogP contribution in [0.2, 0.25) is 0 Å². The van der Waals surface area contributed by atoms with Crippen molar-refractivity contribution in [1.29, 1.82) is 0 Å². The number of hydrogen-bond acceptors (Lipinski definition) is 1. The van der Waals surface area contributed by atoms with Crippen molar-refractivity contribution in [3.05, 3.63) is 280 Å². The van der Waals surface area contributed by atoms with Crippen molar-refractivity contribution >= 4 is 17.1 Å². The Labute approximate surface area is 451 Å². The summed E-state index contributed by atoms with van der Waals surface area (Å²) < 4.78 is 0. The predicted molar refractivity (Wildman–Crippen MR) is 322 cm³/mol. The first kappa shape index (κ1) is 47.7. The van der Waals surface area contributed by atoms with Gasteiger partial charge in [0.15, 0.2) is 0 Å².